The highest BCUT2D eigenvalue weighted by molar-refractivity contribution is 5.98. The van der Waals surface area contributed by atoms with Crippen molar-refractivity contribution in [3.05, 3.63) is 66.1 Å². The molecule has 3 atom stereocenters. The minimum Gasteiger partial charge on any atom is -0.406 e. The first-order valence-electron chi connectivity index (χ1n) is 11.6. The molecule has 2 aromatic carbocycles. The molecule has 2 heterocycles. The molecule has 0 radical (unpaired) electrons. The number of halogens is 3. The summed E-state index contributed by atoms with van der Waals surface area (Å²) in [5.74, 6) is -0.356. The van der Waals surface area contributed by atoms with Crippen molar-refractivity contribution in [1.82, 2.24) is 20.4 Å². The SMILES string of the molecule is O=C1NC2CC(c3nc(-c4ccc(OC(F)(F)F)cc4)no3)CCC2C(=O)N1CCc1ccccc1. The van der Waals surface area contributed by atoms with Gasteiger partial charge in [-0.05, 0) is 55.5 Å². The van der Waals surface area contributed by atoms with Crippen LogP contribution in [-0.4, -0.2) is 45.9 Å². The molecule has 1 aromatic heterocycles. The molecule has 1 aliphatic carbocycles. The van der Waals surface area contributed by atoms with Gasteiger partial charge in [0.2, 0.25) is 17.6 Å². The lowest BCUT2D eigenvalue weighted by molar-refractivity contribution is -0.274. The number of urea groups is 1. The van der Waals surface area contributed by atoms with Gasteiger partial charge in [-0.3, -0.25) is 9.69 Å². The molecule has 3 unspecified atom stereocenters. The van der Waals surface area contributed by atoms with Gasteiger partial charge in [0.1, 0.15) is 5.75 Å². The van der Waals surface area contributed by atoms with Crippen LogP contribution >= 0.6 is 0 Å². The molecule has 0 spiro atoms. The second-order valence-corrected chi connectivity index (χ2v) is 8.93. The number of fused-ring (bicyclic) bond motifs is 1. The van der Waals surface area contributed by atoms with Gasteiger partial charge >= 0.3 is 12.4 Å². The van der Waals surface area contributed by atoms with Crippen LogP contribution in [0.1, 0.15) is 36.6 Å². The van der Waals surface area contributed by atoms with E-state index in [9.17, 15) is 22.8 Å². The molecule has 1 saturated carbocycles. The third-order valence-electron chi connectivity index (χ3n) is 6.59. The van der Waals surface area contributed by atoms with Gasteiger partial charge in [0.25, 0.3) is 0 Å². The lowest BCUT2D eigenvalue weighted by atomic mass is 9.76. The zero-order chi connectivity index (χ0) is 25.3. The number of rotatable bonds is 6. The Labute approximate surface area is 204 Å². The van der Waals surface area contributed by atoms with E-state index in [0.717, 1.165) is 5.56 Å². The lowest BCUT2D eigenvalue weighted by Gasteiger charge is -2.41. The molecule has 0 bridgehead atoms. The zero-order valence-electron chi connectivity index (χ0n) is 19.1. The van der Waals surface area contributed by atoms with Crippen molar-refractivity contribution in [2.75, 3.05) is 6.54 Å². The number of carbonyl (C=O) groups excluding carboxylic acids is 2. The highest BCUT2D eigenvalue weighted by Gasteiger charge is 2.45. The van der Waals surface area contributed by atoms with Gasteiger partial charge in [0, 0.05) is 24.1 Å². The fraction of sp³-hybridized carbons (Fsp3) is 0.360. The van der Waals surface area contributed by atoms with E-state index in [2.05, 4.69) is 20.2 Å². The Hall–Kier alpha value is -3.89. The van der Waals surface area contributed by atoms with Crippen molar-refractivity contribution < 1.29 is 32.0 Å². The van der Waals surface area contributed by atoms with E-state index in [1.807, 2.05) is 30.3 Å². The van der Waals surface area contributed by atoms with E-state index in [4.69, 9.17) is 4.52 Å². The fourth-order valence-corrected chi connectivity index (χ4v) is 4.81. The smallest absolute Gasteiger partial charge is 0.406 e. The summed E-state index contributed by atoms with van der Waals surface area (Å²) in [6, 6.07) is 14.1. The molecule has 1 aliphatic heterocycles. The number of benzene rings is 2. The number of hydrogen-bond acceptors (Lipinski definition) is 6. The van der Waals surface area contributed by atoms with Gasteiger partial charge in [-0.2, -0.15) is 4.98 Å². The number of aromatic nitrogens is 2. The summed E-state index contributed by atoms with van der Waals surface area (Å²) in [6.45, 7) is 0.321. The van der Waals surface area contributed by atoms with Gasteiger partial charge in [-0.25, -0.2) is 4.79 Å². The summed E-state index contributed by atoms with van der Waals surface area (Å²) in [7, 11) is 0. The molecule has 3 aromatic rings. The number of alkyl halides is 3. The third-order valence-corrected chi connectivity index (χ3v) is 6.59. The van der Waals surface area contributed by atoms with Gasteiger partial charge < -0.3 is 14.6 Å². The van der Waals surface area contributed by atoms with Crippen molar-refractivity contribution in [3.63, 3.8) is 0 Å². The van der Waals surface area contributed by atoms with Crippen molar-refractivity contribution in [1.29, 1.82) is 0 Å². The standard InChI is InChI=1S/C25H23F3N4O4/c26-25(27,28)35-18-9-6-16(7-10-18)21-30-22(36-31-21)17-8-11-19-20(14-17)29-24(34)32(23(19)33)13-12-15-4-2-1-3-5-15/h1-7,9-10,17,19-20H,8,11-14H2,(H,29,34). The topological polar surface area (TPSA) is 97.6 Å². The average molecular weight is 500 g/mol. The van der Waals surface area contributed by atoms with Crippen LogP contribution < -0.4 is 10.1 Å². The van der Waals surface area contributed by atoms with Crippen LogP contribution in [0.25, 0.3) is 11.4 Å². The highest BCUT2D eigenvalue weighted by Crippen LogP contribution is 2.38. The van der Waals surface area contributed by atoms with E-state index >= 15 is 0 Å². The second-order valence-electron chi connectivity index (χ2n) is 8.93. The van der Waals surface area contributed by atoms with E-state index in [-0.39, 0.29) is 35.4 Å². The Morgan fingerprint density at radius 2 is 1.81 bits per heavy atom. The maximum Gasteiger partial charge on any atom is 0.573 e. The molecule has 11 heteroatoms. The summed E-state index contributed by atoms with van der Waals surface area (Å²) in [5, 5.41) is 6.92. The fourth-order valence-electron chi connectivity index (χ4n) is 4.81. The van der Waals surface area contributed by atoms with E-state index in [0.29, 0.717) is 43.7 Å². The molecule has 1 N–H and O–H groups in total. The minimum absolute atomic E-state index is 0.149. The first-order chi connectivity index (χ1) is 17.3. The monoisotopic (exact) mass is 500 g/mol. The van der Waals surface area contributed by atoms with Crippen LogP contribution in [0.15, 0.2) is 59.1 Å². The third kappa shape index (κ3) is 5.19. The van der Waals surface area contributed by atoms with Crippen LogP contribution in [0.2, 0.25) is 0 Å². The number of nitrogens with one attached hydrogen (secondary N) is 1. The summed E-state index contributed by atoms with van der Waals surface area (Å²) < 4.78 is 46.4. The molecule has 2 fully saturated rings. The second kappa shape index (κ2) is 9.63. The molecule has 2 aliphatic rings. The maximum atomic E-state index is 13.1. The summed E-state index contributed by atoms with van der Waals surface area (Å²) in [6.07, 6.45) is -2.50. The number of ether oxygens (including phenoxy) is 1. The normalized spacial score (nSPS) is 22.2. The zero-order valence-corrected chi connectivity index (χ0v) is 19.1. The first-order valence-corrected chi connectivity index (χ1v) is 11.6. The molecule has 36 heavy (non-hydrogen) atoms. The quantitative estimate of drug-likeness (QED) is 0.528. The minimum atomic E-state index is -4.77. The van der Waals surface area contributed by atoms with Crippen LogP contribution in [-0.2, 0) is 11.2 Å². The Balaban J connectivity index is 1.21. The number of amides is 3. The van der Waals surface area contributed by atoms with Crippen LogP contribution in [0.4, 0.5) is 18.0 Å². The Morgan fingerprint density at radius 1 is 1.06 bits per heavy atom. The Morgan fingerprint density at radius 3 is 2.53 bits per heavy atom. The Kier molecular flexibility index (Phi) is 6.38. The molecule has 188 valence electrons. The number of hydrogen-bond donors (Lipinski definition) is 1. The van der Waals surface area contributed by atoms with Crippen LogP contribution in [0, 0.1) is 5.92 Å². The molecular weight excluding hydrogens is 477 g/mol. The number of imide groups is 1. The average Bonchev–Trinajstić information content (AvgIpc) is 3.34. The van der Waals surface area contributed by atoms with Gasteiger partial charge in [0.05, 0.1) is 5.92 Å². The lowest BCUT2D eigenvalue weighted by Crippen LogP contribution is -2.61. The van der Waals surface area contributed by atoms with Crippen molar-refractivity contribution in [3.8, 4) is 17.1 Å². The number of nitrogens with zero attached hydrogens (tertiary/aromatic N) is 3. The predicted octanol–water partition coefficient (Wildman–Crippen LogP) is 4.68. The van der Waals surface area contributed by atoms with Gasteiger partial charge in [0.15, 0.2) is 0 Å². The van der Waals surface area contributed by atoms with Gasteiger partial charge in [-0.15, -0.1) is 13.2 Å². The number of carbonyl (C=O) groups is 2. The molecule has 3 amide bonds. The van der Waals surface area contributed by atoms with E-state index in [1.54, 1.807) is 0 Å². The van der Waals surface area contributed by atoms with Crippen molar-refractivity contribution in [2.24, 2.45) is 5.92 Å². The predicted molar refractivity (Wildman–Crippen MR) is 121 cm³/mol. The summed E-state index contributed by atoms with van der Waals surface area (Å²) in [4.78, 5) is 31.5. The highest BCUT2D eigenvalue weighted by atomic mass is 19.4. The van der Waals surface area contributed by atoms with Crippen molar-refractivity contribution >= 4 is 11.9 Å². The van der Waals surface area contributed by atoms with Crippen LogP contribution in [0.3, 0.4) is 0 Å². The van der Waals surface area contributed by atoms with Crippen molar-refractivity contribution in [2.45, 2.75) is 44.0 Å². The summed E-state index contributed by atoms with van der Waals surface area (Å²) >= 11 is 0. The maximum absolute atomic E-state index is 13.1. The Bertz CT molecular complexity index is 1230. The molecule has 1 saturated heterocycles. The first kappa shape index (κ1) is 23.8. The van der Waals surface area contributed by atoms with Crippen LogP contribution in [0.5, 0.6) is 5.75 Å². The molecular formula is C25H23F3N4O4. The molecule has 5 rings (SSSR count). The van der Waals surface area contributed by atoms with E-state index in [1.165, 1.54) is 29.2 Å². The molecule has 8 nitrogen and oxygen atoms in total. The van der Waals surface area contributed by atoms with Gasteiger partial charge in [-0.1, -0.05) is 35.5 Å². The van der Waals surface area contributed by atoms with E-state index < -0.39 is 12.4 Å². The largest absolute Gasteiger partial charge is 0.573 e. The summed E-state index contributed by atoms with van der Waals surface area (Å²) in [5.41, 5.74) is 1.53.